The van der Waals surface area contributed by atoms with Gasteiger partial charge in [-0.2, -0.15) is 5.26 Å². The van der Waals surface area contributed by atoms with E-state index in [0.29, 0.717) is 22.5 Å². The van der Waals surface area contributed by atoms with E-state index in [1.807, 2.05) is 6.07 Å². The van der Waals surface area contributed by atoms with E-state index in [2.05, 4.69) is 39.1 Å². The summed E-state index contributed by atoms with van der Waals surface area (Å²) in [4.78, 5) is 0. The fraction of sp³-hybridized carbons (Fsp3) is 0.588. The lowest BCUT2D eigenvalue weighted by molar-refractivity contribution is -0.108. The summed E-state index contributed by atoms with van der Waals surface area (Å²) in [6.07, 6.45) is 1.22. The van der Waals surface area contributed by atoms with Crippen LogP contribution in [0.15, 0.2) is 18.2 Å². The highest BCUT2D eigenvalue weighted by molar-refractivity contribution is 6.30. The molecule has 1 aliphatic rings. The number of nitrogens with one attached hydrogen (secondary N) is 1. The quantitative estimate of drug-likeness (QED) is 0.873. The number of rotatable bonds is 5. The maximum absolute atomic E-state index is 9.18. The summed E-state index contributed by atoms with van der Waals surface area (Å²) in [7, 11) is 0. The number of hydrogen-bond acceptors (Lipinski definition) is 3. The maximum atomic E-state index is 9.18. The van der Waals surface area contributed by atoms with Crippen molar-refractivity contribution in [2.45, 2.75) is 46.3 Å². The summed E-state index contributed by atoms with van der Waals surface area (Å²) in [5.74, 6) is 0.547. The molecule has 4 heteroatoms. The van der Waals surface area contributed by atoms with Crippen molar-refractivity contribution in [3.8, 4) is 6.07 Å². The molecule has 0 amide bonds. The van der Waals surface area contributed by atoms with Crippen molar-refractivity contribution in [1.29, 1.82) is 5.26 Å². The van der Waals surface area contributed by atoms with Gasteiger partial charge in [-0.05, 0) is 30.5 Å². The molecule has 0 saturated heterocycles. The monoisotopic (exact) mass is 306 g/mol. The minimum atomic E-state index is 0.0456. The normalized spacial score (nSPS) is 23.5. The molecule has 0 spiro atoms. The summed E-state index contributed by atoms with van der Waals surface area (Å²) >= 11 is 6.03. The smallest absolute Gasteiger partial charge is 0.101 e. The largest absolute Gasteiger partial charge is 0.380 e. The number of anilines is 1. The van der Waals surface area contributed by atoms with Crippen molar-refractivity contribution in [1.82, 2.24) is 0 Å². The topological polar surface area (TPSA) is 45.0 Å². The van der Waals surface area contributed by atoms with Gasteiger partial charge in [0, 0.05) is 23.1 Å². The van der Waals surface area contributed by atoms with Crippen LogP contribution in [0.3, 0.4) is 0 Å². The molecule has 21 heavy (non-hydrogen) atoms. The van der Waals surface area contributed by atoms with Crippen molar-refractivity contribution in [2.24, 2.45) is 11.3 Å². The van der Waals surface area contributed by atoms with Crippen molar-refractivity contribution in [2.75, 3.05) is 11.9 Å². The Labute approximate surface area is 132 Å². The van der Waals surface area contributed by atoms with Gasteiger partial charge >= 0.3 is 0 Å². The van der Waals surface area contributed by atoms with Crippen molar-refractivity contribution < 1.29 is 4.74 Å². The minimum absolute atomic E-state index is 0.0456. The van der Waals surface area contributed by atoms with Crippen LogP contribution in [-0.4, -0.2) is 18.8 Å². The van der Waals surface area contributed by atoms with Crippen LogP contribution >= 0.6 is 11.6 Å². The molecular formula is C17H23ClN2O. The number of benzene rings is 1. The van der Waals surface area contributed by atoms with Crippen molar-refractivity contribution >= 4 is 17.3 Å². The van der Waals surface area contributed by atoms with Crippen LogP contribution < -0.4 is 5.32 Å². The lowest BCUT2D eigenvalue weighted by atomic mass is 9.64. The summed E-state index contributed by atoms with van der Waals surface area (Å²) in [6.45, 7) is 9.52. The van der Waals surface area contributed by atoms with Crippen LogP contribution in [0.25, 0.3) is 0 Å². The average molecular weight is 307 g/mol. The first kappa shape index (κ1) is 16.1. The van der Waals surface area contributed by atoms with Gasteiger partial charge in [0.25, 0.3) is 0 Å². The first-order valence-electron chi connectivity index (χ1n) is 7.42. The SMILES string of the molecule is CC(C)COC1CC(Nc2cc(Cl)ccc2C#N)C1(C)C. The number of ether oxygens (including phenoxy) is 1. The third-order valence-corrected chi connectivity index (χ3v) is 4.48. The van der Waals surface area contributed by atoms with Gasteiger partial charge in [0.1, 0.15) is 6.07 Å². The van der Waals surface area contributed by atoms with Crippen LogP contribution in [0.1, 0.15) is 39.7 Å². The molecule has 3 nitrogen and oxygen atoms in total. The molecular weight excluding hydrogens is 284 g/mol. The molecule has 2 atom stereocenters. The molecule has 1 aromatic rings. The highest BCUT2D eigenvalue weighted by Gasteiger charge is 2.49. The molecule has 0 radical (unpaired) electrons. The molecule has 1 fully saturated rings. The average Bonchev–Trinajstić information content (AvgIpc) is 2.41. The zero-order chi connectivity index (χ0) is 15.6. The Morgan fingerprint density at radius 3 is 2.76 bits per heavy atom. The van der Waals surface area contributed by atoms with Gasteiger partial charge in [-0.25, -0.2) is 0 Å². The van der Waals surface area contributed by atoms with Crippen LogP contribution in [0, 0.1) is 22.7 Å². The second-order valence-electron chi connectivity index (χ2n) is 6.77. The highest BCUT2D eigenvalue weighted by atomic mass is 35.5. The Balaban J connectivity index is 2.03. The third-order valence-electron chi connectivity index (χ3n) is 4.24. The second-order valence-corrected chi connectivity index (χ2v) is 7.21. The van der Waals surface area contributed by atoms with E-state index in [1.54, 1.807) is 12.1 Å². The van der Waals surface area contributed by atoms with Crippen LogP contribution in [0.2, 0.25) is 5.02 Å². The fourth-order valence-corrected chi connectivity index (χ4v) is 2.82. The fourth-order valence-electron chi connectivity index (χ4n) is 2.64. The zero-order valence-corrected chi connectivity index (χ0v) is 13.9. The van der Waals surface area contributed by atoms with E-state index in [-0.39, 0.29) is 11.5 Å². The first-order chi connectivity index (χ1) is 9.84. The molecule has 0 aromatic heterocycles. The van der Waals surface area contributed by atoms with E-state index < -0.39 is 0 Å². The van der Waals surface area contributed by atoms with Crippen molar-refractivity contribution in [3.63, 3.8) is 0 Å². The summed E-state index contributed by atoms with van der Waals surface area (Å²) in [5.41, 5.74) is 1.48. The van der Waals surface area contributed by atoms with Crippen LogP contribution in [-0.2, 0) is 4.74 Å². The number of halogens is 1. The molecule has 1 aromatic carbocycles. The van der Waals surface area contributed by atoms with E-state index in [4.69, 9.17) is 16.3 Å². The predicted molar refractivity (Wildman–Crippen MR) is 86.6 cm³/mol. The standard InChI is InChI=1S/C17H23ClN2O/c1-11(2)10-21-16-8-15(17(16,3)4)20-14-7-13(18)6-5-12(14)9-19/h5-7,11,15-16,20H,8,10H2,1-4H3. The Morgan fingerprint density at radius 2 is 2.19 bits per heavy atom. The van der Waals surface area contributed by atoms with E-state index in [9.17, 15) is 5.26 Å². The molecule has 0 bridgehead atoms. The Hall–Kier alpha value is -1.24. The van der Waals surface area contributed by atoms with Crippen molar-refractivity contribution in [3.05, 3.63) is 28.8 Å². The lowest BCUT2D eigenvalue weighted by Gasteiger charge is -2.52. The van der Waals surface area contributed by atoms with E-state index >= 15 is 0 Å². The third kappa shape index (κ3) is 3.51. The summed E-state index contributed by atoms with van der Waals surface area (Å²) in [6, 6.07) is 7.81. The lowest BCUT2D eigenvalue weighted by Crippen LogP contribution is -2.58. The van der Waals surface area contributed by atoms with Gasteiger partial charge in [-0.3, -0.25) is 0 Å². The van der Waals surface area contributed by atoms with Gasteiger partial charge in [0.05, 0.1) is 17.4 Å². The number of hydrogen-bond donors (Lipinski definition) is 1. The number of nitriles is 1. The molecule has 0 heterocycles. The zero-order valence-electron chi connectivity index (χ0n) is 13.1. The Morgan fingerprint density at radius 1 is 1.48 bits per heavy atom. The second kappa shape index (κ2) is 6.25. The number of nitrogens with zero attached hydrogens (tertiary/aromatic N) is 1. The Bertz CT molecular complexity index is 548. The summed E-state index contributed by atoms with van der Waals surface area (Å²) in [5, 5.41) is 13.3. The van der Waals surface area contributed by atoms with Gasteiger partial charge in [0.2, 0.25) is 0 Å². The predicted octanol–water partition coefficient (Wildman–Crippen LogP) is 4.46. The highest BCUT2D eigenvalue weighted by Crippen LogP contribution is 2.45. The van der Waals surface area contributed by atoms with E-state index in [1.165, 1.54) is 0 Å². The van der Waals surface area contributed by atoms with Gasteiger partial charge < -0.3 is 10.1 Å². The molecule has 1 N–H and O–H groups in total. The Kier molecular flexibility index (Phi) is 4.81. The van der Waals surface area contributed by atoms with Crippen LogP contribution in [0.5, 0.6) is 0 Å². The molecule has 2 unspecified atom stereocenters. The van der Waals surface area contributed by atoms with E-state index in [0.717, 1.165) is 18.7 Å². The summed E-state index contributed by atoms with van der Waals surface area (Å²) < 4.78 is 5.97. The molecule has 114 valence electrons. The first-order valence-corrected chi connectivity index (χ1v) is 7.80. The minimum Gasteiger partial charge on any atom is -0.380 e. The maximum Gasteiger partial charge on any atom is 0.101 e. The molecule has 1 aliphatic carbocycles. The molecule has 0 aliphatic heterocycles. The van der Waals surface area contributed by atoms with Gasteiger partial charge in [0.15, 0.2) is 0 Å². The van der Waals surface area contributed by atoms with Gasteiger partial charge in [-0.1, -0.05) is 39.3 Å². The molecule has 2 rings (SSSR count). The van der Waals surface area contributed by atoms with Gasteiger partial charge in [-0.15, -0.1) is 0 Å². The van der Waals surface area contributed by atoms with Crippen LogP contribution in [0.4, 0.5) is 5.69 Å². The molecule has 1 saturated carbocycles.